The zero-order valence-electron chi connectivity index (χ0n) is 53.6. The minimum absolute atomic E-state index is 0.00101. The Bertz CT molecular complexity index is 4050. The molecule has 1 aromatic carbocycles. The summed E-state index contributed by atoms with van der Waals surface area (Å²) in [6.45, 7) is 18.8. The number of nitriles is 2. The van der Waals surface area contributed by atoms with E-state index in [0.29, 0.717) is 89.9 Å². The van der Waals surface area contributed by atoms with Crippen LogP contribution in [0.15, 0.2) is 33.3 Å². The zero-order chi connectivity index (χ0) is 64.7. The molecule has 8 atom stereocenters. The summed E-state index contributed by atoms with van der Waals surface area (Å²) in [4.78, 5) is 49.1. The molecule has 7 aliphatic heterocycles. The number of anilines is 4. The number of alkyl halides is 1. The topological polar surface area (TPSA) is 328 Å². The first kappa shape index (κ1) is 62.9. The van der Waals surface area contributed by atoms with Crippen LogP contribution < -0.4 is 36.1 Å². The number of hydrogen-bond acceptors (Lipinski definition) is 27. The van der Waals surface area contributed by atoms with Crippen LogP contribution in [-0.4, -0.2) is 166 Å². The van der Waals surface area contributed by atoms with Crippen molar-refractivity contribution in [2.45, 2.75) is 177 Å². The van der Waals surface area contributed by atoms with Gasteiger partial charge in [0.2, 0.25) is 47.0 Å². The lowest BCUT2D eigenvalue weighted by atomic mass is 9.72. The van der Waals surface area contributed by atoms with Crippen molar-refractivity contribution in [3.8, 4) is 47.5 Å². The third kappa shape index (κ3) is 11.3. The molecule has 0 radical (unpaired) electrons. The Labute approximate surface area is 547 Å². The molecule has 13 heterocycles. The fourth-order valence-electron chi connectivity index (χ4n) is 16.3. The average molecular weight is 1310 g/mol. The third-order valence-corrected chi connectivity index (χ3v) is 22.8. The first-order valence-corrected chi connectivity index (χ1v) is 34.4. The summed E-state index contributed by atoms with van der Waals surface area (Å²) in [5.74, 6) is 2.50. The van der Waals surface area contributed by atoms with E-state index in [0.717, 1.165) is 124 Å². The molecule has 16 rings (SSSR count). The fraction of sp³-hybridized carbons (Fsp3) is 0.600. The van der Waals surface area contributed by atoms with E-state index in [1.54, 1.807) is 6.92 Å². The Hall–Kier alpha value is -7.57. The zero-order valence-corrected chi connectivity index (χ0v) is 55.3. The van der Waals surface area contributed by atoms with Gasteiger partial charge >= 0.3 is 12.0 Å². The third-order valence-electron chi connectivity index (χ3n) is 20.7. The van der Waals surface area contributed by atoms with E-state index in [4.69, 9.17) is 59.6 Å². The highest BCUT2D eigenvalue weighted by Gasteiger charge is 2.52. The molecule has 0 saturated carbocycles. The number of halogens is 1. The Morgan fingerprint density at radius 3 is 1.94 bits per heavy atom. The number of benzene rings is 1. The van der Waals surface area contributed by atoms with Crippen LogP contribution in [0.2, 0.25) is 0 Å². The van der Waals surface area contributed by atoms with Crippen LogP contribution in [0.5, 0.6) is 12.0 Å². The quantitative estimate of drug-likeness (QED) is 0.0901. The SMILES string of the molecule is CC.C[C@]1(O)COCCN(c2nc(OC[C@@]34CCCN3C[C@H](F)C4)nc(-c3noc([C@@]4(C)CCCc5sc(N)c(C#N)c54)n3)n2)C1.C[C@]12CCC(CN(c3nc(OCC45CCCN4Cc4ccccc45)nc(-c4noc([C@@]5(C)CCCc6sc(N)c(C#N)c65)n4)n3)C1)N2. The number of aliphatic hydroxyl groups is 1. The molecule has 2 aliphatic carbocycles. The van der Waals surface area contributed by atoms with E-state index in [1.807, 2.05) is 25.7 Å². The molecule has 93 heavy (non-hydrogen) atoms. The maximum atomic E-state index is 14.4. The van der Waals surface area contributed by atoms with Gasteiger partial charge in [-0.3, -0.25) is 9.80 Å². The summed E-state index contributed by atoms with van der Waals surface area (Å²) in [6.07, 6.45) is 10.8. The molecule has 2 bridgehead atoms. The lowest BCUT2D eigenvalue weighted by Crippen LogP contribution is -2.58. The minimum atomic E-state index is -1.12. The standard InChI is InChI=1S/C34H38N10O2S.C29H36FN9O4S.C2H6/c1-32-13-10-21(41-32)17-43(18-32)30-38-27(28-37-29(46-42-28)33(2)11-5-9-24-25(33)22(15-35)26(36)47-24)39-31(40-30)45-19-34-12-6-14-44(34)16-20-7-3-4-8-23(20)34;1-27(40)14-38(9-10-41-15-27)25-34-22(35-26(36-25)42-16-29-7-4-8-39(29)13-17(30)11-29)23-33-24(43-37-23)28(2)6-3-5-19-20(28)18(12-31)21(32)44-19;1-2/h3-4,7-8,21,41H,5-6,9-14,16-19,36H2,1-2H3;17,40H,3-11,13-16,32H2,1-2H3;1-2H3/t21?,32-,33-,34?;17-,27-,28+,29+;/m01./s1. The van der Waals surface area contributed by atoms with Gasteiger partial charge in [0.1, 0.15) is 47.1 Å². The Kier molecular flexibility index (Phi) is 16.4. The first-order valence-electron chi connectivity index (χ1n) is 32.8. The lowest BCUT2D eigenvalue weighted by Gasteiger charge is -2.39. The first-order chi connectivity index (χ1) is 44.9. The number of nitrogens with zero attached hydrogens (tertiary/aromatic N) is 16. The Morgan fingerprint density at radius 2 is 1.30 bits per heavy atom. The van der Waals surface area contributed by atoms with E-state index >= 15 is 0 Å². The van der Waals surface area contributed by atoms with Crippen molar-refractivity contribution in [3.63, 3.8) is 0 Å². The summed E-state index contributed by atoms with van der Waals surface area (Å²) in [5.41, 5.74) is 14.9. The number of rotatable bonds is 12. The normalized spacial score (nSPS) is 29.4. The predicted octanol–water partition coefficient (Wildman–Crippen LogP) is 7.94. The number of thiophene rings is 2. The second kappa shape index (κ2) is 24.3. The Morgan fingerprint density at radius 1 is 0.699 bits per heavy atom. The summed E-state index contributed by atoms with van der Waals surface area (Å²) in [6, 6.07) is 14.0. The second-order valence-corrected chi connectivity index (χ2v) is 29.6. The lowest BCUT2D eigenvalue weighted by molar-refractivity contribution is -0.0123. The van der Waals surface area contributed by atoms with E-state index in [-0.39, 0.29) is 71.8 Å². The van der Waals surface area contributed by atoms with Crippen molar-refractivity contribution in [2.75, 3.05) is 93.5 Å². The van der Waals surface area contributed by atoms with Gasteiger partial charge in [0.15, 0.2) is 0 Å². The van der Waals surface area contributed by atoms with Crippen LogP contribution in [0, 0.1) is 22.7 Å². The molecule has 0 amide bonds. The highest BCUT2D eigenvalue weighted by atomic mass is 32.1. The smallest absolute Gasteiger partial charge is 0.321 e. The molecule has 490 valence electrons. The van der Waals surface area contributed by atoms with Crippen molar-refractivity contribution >= 4 is 44.6 Å². The number of piperazine rings is 1. The average Bonchev–Trinajstić information content (AvgIpc) is 1.63. The maximum Gasteiger partial charge on any atom is 0.321 e. The maximum absolute atomic E-state index is 14.4. The number of aromatic nitrogens is 10. The molecular formula is C65H80FN19O6S2. The molecule has 6 fully saturated rings. The van der Waals surface area contributed by atoms with Gasteiger partial charge in [-0.15, -0.1) is 22.7 Å². The summed E-state index contributed by atoms with van der Waals surface area (Å²) < 4.78 is 44.6. The van der Waals surface area contributed by atoms with E-state index in [2.05, 4.69) is 95.5 Å². The molecule has 6 aromatic heterocycles. The van der Waals surface area contributed by atoms with Gasteiger partial charge in [0, 0.05) is 71.6 Å². The van der Waals surface area contributed by atoms with Crippen LogP contribution in [-0.2, 0) is 40.5 Å². The number of β-amino-alcohol motifs (C(OH)–C–C–N with tert-alkyl or cyclic N) is 1. The van der Waals surface area contributed by atoms with E-state index in [9.17, 15) is 20.0 Å². The molecule has 7 aromatic rings. The van der Waals surface area contributed by atoms with E-state index < -0.39 is 22.6 Å². The number of nitrogen functional groups attached to an aromatic ring is 2. The highest BCUT2D eigenvalue weighted by molar-refractivity contribution is 7.16. The Balaban J connectivity index is 0.000000157. The van der Waals surface area contributed by atoms with E-state index in [1.165, 1.54) is 33.8 Å². The number of nitrogens with two attached hydrogens (primary N) is 2. The summed E-state index contributed by atoms with van der Waals surface area (Å²) >= 11 is 2.92. The van der Waals surface area contributed by atoms with Crippen molar-refractivity contribution in [3.05, 3.63) is 79.2 Å². The number of aryl methyl sites for hydroxylation is 2. The molecule has 6 N–H and O–H groups in total. The van der Waals surface area contributed by atoms with Crippen LogP contribution in [0.4, 0.5) is 26.3 Å². The number of hydrogen-bond donors (Lipinski definition) is 4. The van der Waals surface area contributed by atoms with Gasteiger partial charge < -0.3 is 54.9 Å². The minimum Gasteiger partial charge on any atom is -0.461 e. The van der Waals surface area contributed by atoms with Crippen molar-refractivity contribution < 1.29 is 32.8 Å². The second-order valence-electron chi connectivity index (χ2n) is 27.4. The van der Waals surface area contributed by atoms with Gasteiger partial charge in [0.25, 0.3) is 0 Å². The van der Waals surface area contributed by atoms with Crippen LogP contribution in [0.3, 0.4) is 0 Å². The molecular weight excluding hydrogens is 1230 g/mol. The van der Waals surface area contributed by atoms with Gasteiger partial charge in [-0.1, -0.05) is 48.4 Å². The van der Waals surface area contributed by atoms with Gasteiger partial charge in [-0.05, 0) is 129 Å². The molecule has 9 aliphatic rings. The molecule has 0 spiro atoms. The predicted molar refractivity (Wildman–Crippen MR) is 345 cm³/mol. The van der Waals surface area contributed by atoms with Gasteiger partial charge in [-0.25, -0.2) is 4.39 Å². The van der Waals surface area contributed by atoms with Gasteiger partial charge in [-0.2, -0.15) is 50.4 Å². The monoisotopic (exact) mass is 1310 g/mol. The number of ether oxygens (including phenoxy) is 3. The summed E-state index contributed by atoms with van der Waals surface area (Å²) in [5, 5.41) is 44.1. The van der Waals surface area contributed by atoms with Gasteiger partial charge in [0.05, 0.1) is 52.8 Å². The van der Waals surface area contributed by atoms with Crippen LogP contribution in [0.1, 0.15) is 167 Å². The molecule has 25 nitrogen and oxygen atoms in total. The van der Waals surface area contributed by atoms with Crippen molar-refractivity contribution in [1.29, 1.82) is 10.5 Å². The van der Waals surface area contributed by atoms with Crippen LogP contribution >= 0.6 is 22.7 Å². The molecule has 6 saturated heterocycles. The number of fused-ring (bicyclic) bond motifs is 8. The molecule has 2 unspecified atom stereocenters. The van der Waals surface area contributed by atoms with Crippen molar-refractivity contribution in [1.82, 2.24) is 65.3 Å². The fourth-order valence-corrected chi connectivity index (χ4v) is 18.7. The summed E-state index contributed by atoms with van der Waals surface area (Å²) in [7, 11) is 0. The van der Waals surface area contributed by atoms with Crippen LogP contribution in [0.25, 0.3) is 23.3 Å². The number of nitrogens with one attached hydrogen (secondary N) is 1. The highest BCUT2D eigenvalue weighted by Crippen LogP contribution is 2.52. The van der Waals surface area contributed by atoms with Crippen molar-refractivity contribution in [2.24, 2.45) is 0 Å². The largest absolute Gasteiger partial charge is 0.461 e. The molecule has 28 heteroatoms.